The summed E-state index contributed by atoms with van der Waals surface area (Å²) in [5.74, 6) is 0. The van der Waals surface area contributed by atoms with Gasteiger partial charge >= 0.3 is 0 Å². The first-order chi connectivity index (χ1) is 6.60. The molecule has 0 rings (SSSR count). The molecule has 0 amide bonds. The highest BCUT2D eigenvalue weighted by Gasteiger charge is 2.27. The lowest BCUT2D eigenvalue weighted by Crippen LogP contribution is -2.31. The number of aliphatic hydroxyl groups excluding tert-OH is 2. The van der Waals surface area contributed by atoms with Crippen molar-refractivity contribution in [3.05, 3.63) is 0 Å². The second-order valence-corrected chi connectivity index (χ2v) is 4.24. The van der Waals surface area contributed by atoms with Gasteiger partial charge in [0.25, 0.3) is 0 Å². The molecule has 86 valence electrons. The minimum Gasteiger partial charge on any atom is -0.396 e. The first-order valence-corrected chi connectivity index (χ1v) is 5.43. The Kier molecular flexibility index (Phi) is 7.15. The fourth-order valence-corrected chi connectivity index (χ4v) is 1.53. The summed E-state index contributed by atoms with van der Waals surface area (Å²) in [6.45, 7) is 6.72. The van der Waals surface area contributed by atoms with Crippen molar-refractivity contribution in [1.29, 1.82) is 0 Å². The molecule has 0 atom stereocenters. The van der Waals surface area contributed by atoms with Gasteiger partial charge in [0.1, 0.15) is 0 Å². The van der Waals surface area contributed by atoms with Gasteiger partial charge in [-0.25, -0.2) is 0 Å². The first kappa shape index (κ1) is 13.9. The fourth-order valence-electron chi connectivity index (χ4n) is 1.53. The van der Waals surface area contributed by atoms with E-state index in [0.29, 0.717) is 6.61 Å². The molecule has 3 nitrogen and oxygen atoms in total. The fraction of sp³-hybridized carbons (Fsp3) is 1.00. The molecule has 14 heavy (non-hydrogen) atoms. The molecule has 0 aromatic rings. The van der Waals surface area contributed by atoms with E-state index in [1.165, 1.54) is 0 Å². The molecule has 0 aliphatic carbocycles. The van der Waals surface area contributed by atoms with E-state index in [9.17, 15) is 10.2 Å². The Morgan fingerprint density at radius 1 is 1.14 bits per heavy atom. The molecule has 0 aliphatic heterocycles. The summed E-state index contributed by atoms with van der Waals surface area (Å²) in [6.07, 6.45) is 2.77. The zero-order valence-electron chi connectivity index (χ0n) is 9.62. The lowest BCUT2D eigenvalue weighted by atomic mass is 9.82. The quantitative estimate of drug-likeness (QED) is 0.631. The normalized spacial score (nSPS) is 12.4. The maximum Gasteiger partial charge on any atom is 0.0518 e. The molecule has 0 aliphatic rings. The Morgan fingerprint density at radius 2 is 1.71 bits per heavy atom. The van der Waals surface area contributed by atoms with E-state index >= 15 is 0 Å². The van der Waals surface area contributed by atoms with Crippen LogP contribution >= 0.6 is 0 Å². The van der Waals surface area contributed by atoms with E-state index < -0.39 is 0 Å². The van der Waals surface area contributed by atoms with Gasteiger partial charge < -0.3 is 14.9 Å². The molecule has 0 aromatic carbocycles. The molecule has 0 saturated carbocycles. The SMILES string of the molecule is CCCC(CO)(CO)CCOC(C)C. The average Bonchev–Trinajstić information content (AvgIpc) is 2.16. The maximum absolute atomic E-state index is 9.26. The third-order valence-corrected chi connectivity index (χ3v) is 2.53. The zero-order valence-corrected chi connectivity index (χ0v) is 9.62. The summed E-state index contributed by atoms with van der Waals surface area (Å²) in [5.41, 5.74) is -0.344. The summed E-state index contributed by atoms with van der Waals surface area (Å²) in [6, 6.07) is 0. The molecule has 3 heteroatoms. The molecule has 0 saturated heterocycles. The Labute approximate surface area is 87.1 Å². The topological polar surface area (TPSA) is 49.7 Å². The molecule has 0 unspecified atom stereocenters. The zero-order chi connectivity index (χ0) is 11.0. The second kappa shape index (κ2) is 7.21. The van der Waals surface area contributed by atoms with E-state index in [0.717, 1.165) is 19.3 Å². The molecular weight excluding hydrogens is 180 g/mol. The summed E-state index contributed by atoms with van der Waals surface area (Å²) in [7, 11) is 0. The van der Waals surface area contributed by atoms with Gasteiger partial charge in [-0.05, 0) is 26.7 Å². The molecule has 0 radical (unpaired) electrons. The van der Waals surface area contributed by atoms with Gasteiger partial charge in [0.05, 0.1) is 19.3 Å². The third kappa shape index (κ3) is 4.94. The van der Waals surface area contributed by atoms with Gasteiger partial charge in [-0.1, -0.05) is 13.3 Å². The summed E-state index contributed by atoms with van der Waals surface area (Å²) >= 11 is 0. The van der Waals surface area contributed by atoms with Crippen molar-refractivity contribution in [2.75, 3.05) is 19.8 Å². The van der Waals surface area contributed by atoms with E-state index in [4.69, 9.17) is 4.74 Å². The third-order valence-electron chi connectivity index (χ3n) is 2.53. The smallest absolute Gasteiger partial charge is 0.0518 e. The number of aliphatic hydroxyl groups is 2. The predicted octanol–water partition coefficient (Wildman–Crippen LogP) is 1.57. The highest BCUT2D eigenvalue weighted by Crippen LogP contribution is 2.27. The van der Waals surface area contributed by atoms with E-state index in [1.54, 1.807) is 0 Å². The molecule has 0 fully saturated rings. The summed E-state index contributed by atoms with van der Waals surface area (Å²) in [5, 5.41) is 18.5. The molecular formula is C11H24O3. The van der Waals surface area contributed by atoms with Crippen LogP contribution in [0.15, 0.2) is 0 Å². The highest BCUT2D eigenvalue weighted by molar-refractivity contribution is 4.77. The minimum atomic E-state index is -0.344. The number of rotatable bonds is 8. The Balaban J connectivity index is 3.94. The lowest BCUT2D eigenvalue weighted by Gasteiger charge is -2.29. The largest absolute Gasteiger partial charge is 0.396 e. The monoisotopic (exact) mass is 204 g/mol. The van der Waals surface area contributed by atoms with Crippen LogP contribution in [0, 0.1) is 5.41 Å². The number of hydrogen-bond donors (Lipinski definition) is 2. The van der Waals surface area contributed by atoms with Gasteiger partial charge in [-0.15, -0.1) is 0 Å². The lowest BCUT2D eigenvalue weighted by molar-refractivity contribution is -0.00391. The van der Waals surface area contributed by atoms with Crippen LogP contribution in [0.1, 0.15) is 40.0 Å². The first-order valence-electron chi connectivity index (χ1n) is 5.43. The van der Waals surface area contributed by atoms with Crippen LogP contribution in [-0.4, -0.2) is 36.1 Å². The average molecular weight is 204 g/mol. The molecule has 0 bridgehead atoms. The molecule has 0 aromatic heterocycles. The van der Waals surface area contributed by atoms with Crippen LogP contribution in [0.25, 0.3) is 0 Å². The van der Waals surface area contributed by atoms with Crippen LogP contribution < -0.4 is 0 Å². The molecule has 0 heterocycles. The van der Waals surface area contributed by atoms with Crippen LogP contribution in [0.2, 0.25) is 0 Å². The Bertz CT molecular complexity index is 130. The van der Waals surface area contributed by atoms with Gasteiger partial charge in [0, 0.05) is 12.0 Å². The van der Waals surface area contributed by atoms with Crippen molar-refractivity contribution in [3.8, 4) is 0 Å². The van der Waals surface area contributed by atoms with E-state index in [2.05, 4.69) is 6.92 Å². The van der Waals surface area contributed by atoms with Crippen LogP contribution in [0.4, 0.5) is 0 Å². The second-order valence-electron chi connectivity index (χ2n) is 4.24. The predicted molar refractivity (Wildman–Crippen MR) is 57.2 cm³/mol. The van der Waals surface area contributed by atoms with Gasteiger partial charge in [0.15, 0.2) is 0 Å². The van der Waals surface area contributed by atoms with Crippen LogP contribution in [0.5, 0.6) is 0 Å². The molecule has 0 spiro atoms. The number of hydrogen-bond acceptors (Lipinski definition) is 3. The van der Waals surface area contributed by atoms with E-state index in [1.807, 2.05) is 13.8 Å². The van der Waals surface area contributed by atoms with E-state index in [-0.39, 0.29) is 24.7 Å². The van der Waals surface area contributed by atoms with Gasteiger partial charge in [0.2, 0.25) is 0 Å². The Hall–Kier alpha value is -0.120. The number of ether oxygens (including phenoxy) is 1. The van der Waals surface area contributed by atoms with Crippen molar-refractivity contribution in [2.24, 2.45) is 5.41 Å². The Morgan fingerprint density at radius 3 is 2.07 bits per heavy atom. The van der Waals surface area contributed by atoms with Crippen molar-refractivity contribution in [3.63, 3.8) is 0 Å². The van der Waals surface area contributed by atoms with Crippen molar-refractivity contribution in [1.82, 2.24) is 0 Å². The summed E-state index contributed by atoms with van der Waals surface area (Å²) in [4.78, 5) is 0. The molecule has 2 N–H and O–H groups in total. The highest BCUT2D eigenvalue weighted by atomic mass is 16.5. The van der Waals surface area contributed by atoms with Crippen LogP contribution in [0.3, 0.4) is 0 Å². The van der Waals surface area contributed by atoms with Crippen molar-refractivity contribution < 1.29 is 14.9 Å². The summed E-state index contributed by atoms with van der Waals surface area (Å²) < 4.78 is 5.43. The van der Waals surface area contributed by atoms with Crippen molar-refractivity contribution in [2.45, 2.75) is 46.1 Å². The standard InChI is InChI=1S/C11H24O3/c1-4-5-11(8-12,9-13)6-7-14-10(2)3/h10,12-13H,4-9H2,1-3H3. The van der Waals surface area contributed by atoms with Gasteiger partial charge in [-0.3, -0.25) is 0 Å². The van der Waals surface area contributed by atoms with Crippen LogP contribution in [-0.2, 0) is 4.74 Å². The minimum absolute atomic E-state index is 0.0405. The maximum atomic E-state index is 9.26. The van der Waals surface area contributed by atoms with Crippen molar-refractivity contribution >= 4 is 0 Å². The van der Waals surface area contributed by atoms with Gasteiger partial charge in [-0.2, -0.15) is 0 Å².